The zero-order valence-electron chi connectivity index (χ0n) is 10.4. The third kappa shape index (κ3) is 3.82. The quantitative estimate of drug-likeness (QED) is 0.425. The van der Waals surface area contributed by atoms with Gasteiger partial charge in [0.25, 0.3) is 0 Å². The first-order valence-corrected chi connectivity index (χ1v) is 7.44. The fourth-order valence-corrected chi connectivity index (χ4v) is 3.90. The highest BCUT2D eigenvalue weighted by molar-refractivity contribution is 6.20. The van der Waals surface area contributed by atoms with Crippen LogP contribution >= 0.6 is 11.6 Å². The van der Waals surface area contributed by atoms with Gasteiger partial charge in [0.15, 0.2) is 0 Å². The lowest BCUT2D eigenvalue weighted by Gasteiger charge is -2.34. The van der Waals surface area contributed by atoms with Crippen molar-refractivity contribution in [3.8, 4) is 0 Å². The lowest BCUT2D eigenvalue weighted by atomic mass is 9.76. The standard InChI is InChI=1S/C14H22ClNO/c15-14-9-13(16-10-17)7-6-12(14)8-11-4-2-1-3-5-11/h11-14H,1-9H2. The van der Waals surface area contributed by atoms with Crippen LogP contribution in [0.1, 0.15) is 57.8 Å². The monoisotopic (exact) mass is 255 g/mol. The Hall–Kier alpha value is -0.330. The molecule has 0 aromatic heterocycles. The molecular weight excluding hydrogens is 234 g/mol. The second kappa shape index (κ2) is 6.56. The maximum absolute atomic E-state index is 10.2. The van der Waals surface area contributed by atoms with E-state index in [1.165, 1.54) is 38.5 Å². The maximum atomic E-state index is 10.2. The van der Waals surface area contributed by atoms with Crippen molar-refractivity contribution in [1.82, 2.24) is 0 Å². The van der Waals surface area contributed by atoms with Crippen LogP contribution < -0.4 is 0 Å². The van der Waals surface area contributed by atoms with Crippen molar-refractivity contribution in [3.63, 3.8) is 0 Å². The molecule has 0 radical (unpaired) electrons. The fourth-order valence-electron chi connectivity index (χ4n) is 3.47. The van der Waals surface area contributed by atoms with Crippen LogP contribution in [0, 0.1) is 11.8 Å². The molecule has 0 aliphatic heterocycles. The number of hydrogen-bond acceptors (Lipinski definition) is 2. The number of aliphatic imine (C=N–C) groups is 1. The highest BCUT2D eigenvalue weighted by Crippen LogP contribution is 2.38. The predicted molar refractivity (Wildman–Crippen MR) is 70.1 cm³/mol. The Labute approximate surface area is 109 Å². The molecule has 0 saturated heterocycles. The van der Waals surface area contributed by atoms with Crippen molar-refractivity contribution >= 4 is 17.7 Å². The summed E-state index contributed by atoms with van der Waals surface area (Å²) in [6, 6.07) is 0.137. The third-order valence-corrected chi connectivity index (χ3v) is 5.01. The molecule has 0 aromatic carbocycles. The van der Waals surface area contributed by atoms with Gasteiger partial charge < -0.3 is 0 Å². The van der Waals surface area contributed by atoms with E-state index >= 15 is 0 Å². The summed E-state index contributed by atoms with van der Waals surface area (Å²) in [5, 5.41) is 0.216. The van der Waals surface area contributed by atoms with E-state index < -0.39 is 0 Å². The van der Waals surface area contributed by atoms with Gasteiger partial charge in [0.05, 0.1) is 6.04 Å². The SMILES string of the molecule is O=C=NC1CCC(CC2CCCCC2)C(Cl)C1. The number of hydrogen-bond donors (Lipinski definition) is 0. The zero-order valence-corrected chi connectivity index (χ0v) is 11.2. The van der Waals surface area contributed by atoms with Crippen molar-refractivity contribution in [2.24, 2.45) is 16.8 Å². The van der Waals surface area contributed by atoms with E-state index in [4.69, 9.17) is 11.6 Å². The largest absolute Gasteiger partial charge is 0.235 e. The molecule has 2 aliphatic rings. The highest BCUT2D eigenvalue weighted by Gasteiger charge is 2.31. The lowest BCUT2D eigenvalue weighted by molar-refractivity contribution is 0.238. The van der Waals surface area contributed by atoms with Crippen LogP contribution in [0.3, 0.4) is 0 Å². The molecule has 3 unspecified atom stereocenters. The second-order valence-corrected chi connectivity index (χ2v) is 6.26. The van der Waals surface area contributed by atoms with Crippen molar-refractivity contribution in [2.75, 3.05) is 0 Å². The van der Waals surface area contributed by atoms with Gasteiger partial charge in [0, 0.05) is 5.38 Å². The Kier molecular flexibility index (Phi) is 5.06. The average molecular weight is 256 g/mol. The number of carbonyl (C=O) groups excluding carboxylic acids is 1. The van der Waals surface area contributed by atoms with Crippen LogP contribution in [0.15, 0.2) is 4.99 Å². The Bertz CT molecular complexity index is 282. The van der Waals surface area contributed by atoms with Crippen molar-refractivity contribution in [3.05, 3.63) is 0 Å². The number of nitrogens with zero attached hydrogens (tertiary/aromatic N) is 1. The van der Waals surface area contributed by atoms with E-state index in [1.54, 1.807) is 6.08 Å². The van der Waals surface area contributed by atoms with Crippen molar-refractivity contribution in [1.29, 1.82) is 0 Å². The van der Waals surface area contributed by atoms with Crippen LogP contribution in [0.2, 0.25) is 0 Å². The van der Waals surface area contributed by atoms with Gasteiger partial charge in [-0.1, -0.05) is 32.1 Å². The van der Waals surface area contributed by atoms with E-state index in [0.717, 1.165) is 25.2 Å². The number of isocyanates is 1. The number of halogens is 1. The highest BCUT2D eigenvalue weighted by atomic mass is 35.5. The minimum absolute atomic E-state index is 0.137. The molecule has 0 heterocycles. The Morgan fingerprint density at radius 1 is 1.12 bits per heavy atom. The van der Waals surface area contributed by atoms with E-state index in [0.29, 0.717) is 5.92 Å². The molecule has 17 heavy (non-hydrogen) atoms. The minimum atomic E-state index is 0.137. The summed E-state index contributed by atoms with van der Waals surface area (Å²) in [7, 11) is 0. The molecule has 0 amide bonds. The topological polar surface area (TPSA) is 29.4 Å². The number of alkyl halides is 1. The summed E-state index contributed by atoms with van der Waals surface area (Å²) >= 11 is 6.44. The van der Waals surface area contributed by atoms with Gasteiger partial charge in [0.1, 0.15) is 0 Å². The van der Waals surface area contributed by atoms with Gasteiger partial charge in [-0.05, 0) is 37.5 Å². The molecule has 96 valence electrons. The smallest absolute Gasteiger partial charge is 0.211 e. The Balaban J connectivity index is 1.80. The van der Waals surface area contributed by atoms with Gasteiger partial charge >= 0.3 is 0 Å². The average Bonchev–Trinajstić information content (AvgIpc) is 2.34. The lowest BCUT2D eigenvalue weighted by Crippen LogP contribution is -2.29. The molecular formula is C14H22ClNO. The molecule has 0 aromatic rings. The summed E-state index contributed by atoms with van der Waals surface area (Å²) < 4.78 is 0. The first kappa shape index (κ1) is 13.1. The minimum Gasteiger partial charge on any atom is -0.211 e. The van der Waals surface area contributed by atoms with E-state index in [-0.39, 0.29) is 11.4 Å². The van der Waals surface area contributed by atoms with Crippen LogP contribution in [0.4, 0.5) is 0 Å². The van der Waals surface area contributed by atoms with E-state index in [2.05, 4.69) is 4.99 Å². The maximum Gasteiger partial charge on any atom is 0.235 e. The molecule has 0 bridgehead atoms. The van der Waals surface area contributed by atoms with Gasteiger partial charge in [0.2, 0.25) is 6.08 Å². The molecule has 0 N–H and O–H groups in total. The van der Waals surface area contributed by atoms with Crippen LogP contribution in [-0.2, 0) is 4.79 Å². The summed E-state index contributed by atoms with van der Waals surface area (Å²) in [5.74, 6) is 1.55. The van der Waals surface area contributed by atoms with Crippen molar-refractivity contribution < 1.29 is 4.79 Å². The van der Waals surface area contributed by atoms with Gasteiger partial charge in [-0.2, -0.15) is 0 Å². The van der Waals surface area contributed by atoms with Gasteiger partial charge in [-0.3, -0.25) is 0 Å². The fraction of sp³-hybridized carbons (Fsp3) is 0.929. The van der Waals surface area contributed by atoms with E-state index in [1.807, 2.05) is 0 Å². The second-order valence-electron chi connectivity index (χ2n) is 5.70. The first-order chi connectivity index (χ1) is 8.29. The summed E-state index contributed by atoms with van der Waals surface area (Å²) in [6.45, 7) is 0. The van der Waals surface area contributed by atoms with Gasteiger partial charge in [-0.25, -0.2) is 9.79 Å². The predicted octanol–water partition coefficient (Wildman–Crippen LogP) is 4.07. The summed E-state index contributed by atoms with van der Waals surface area (Å²) in [6.07, 6.45) is 13.0. The van der Waals surface area contributed by atoms with Crippen LogP contribution in [-0.4, -0.2) is 17.5 Å². The molecule has 2 aliphatic carbocycles. The number of rotatable bonds is 3. The molecule has 2 nitrogen and oxygen atoms in total. The third-order valence-electron chi connectivity index (χ3n) is 4.48. The Morgan fingerprint density at radius 2 is 1.88 bits per heavy atom. The zero-order chi connectivity index (χ0) is 12.1. The molecule has 2 fully saturated rings. The van der Waals surface area contributed by atoms with Crippen LogP contribution in [0.5, 0.6) is 0 Å². The van der Waals surface area contributed by atoms with Gasteiger partial charge in [-0.15, -0.1) is 11.6 Å². The van der Waals surface area contributed by atoms with E-state index in [9.17, 15) is 4.79 Å². The normalized spacial score (nSPS) is 35.2. The summed E-state index contributed by atoms with van der Waals surface area (Å²) in [4.78, 5) is 14.1. The molecule has 0 spiro atoms. The molecule has 3 atom stereocenters. The molecule has 2 saturated carbocycles. The Morgan fingerprint density at radius 3 is 2.53 bits per heavy atom. The van der Waals surface area contributed by atoms with Crippen LogP contribution in [0.25, 0.3) is 0 Å². The molecule has 2 rings (SSSR count). The first-order valence-electron chi connectivity index (χ1n) is 7.00. The molecule has 3 heteroatoms. The summed E-state index contributed by atoms with van der Waals surface area (Å²) in [5.41, 5.74) is 0. The van der Waals surface area contributed by atoms with Crippen molar-refractivity contribution in [2.45, 2.75) is 69.2 Å².